The average Bonchev–Trinajstić information content (AvgIpc) is 2.46. The molecule has 0 saturated carbocycles. The SMILES string of the molecule is COC(=O)[C@@](O)([C@H](Cl)C(=O)Nc1ccc(Br)cc1F)C(F)(F)F. The largest absolute Gasteiger partial charge is 0.467 e. The Morgan fingerprint density at radius 2 is 1.96 bits per heavy atom. The minimum Gasteiger partial charge on any atom is -0.467 e. The number of alkyl halides is 4. The predicted molar refractivity (Wildman–Crippen MR) is 75.4 cm³/mol. The Balaban J connectivity index is 3.12. The number of nitrogens with one attached hydrogen (secondary N) is 1. The van der Waals surface area contributed by atoms with Crippen molar-refractivity contribution in [3.05, 3.63) is 28.5 Å². The van der Waals surface area contributed by atoms with Gasteiger partial charge in [0, 0.05) is 4.47 Å². The zero-order valence-electron chi connectivity index (χ0n) is 11.2. The van der Waals surface area contributed by atoms with Crippen molar-refractivity contribution in [2.24, 2.45) is 0 Å². The molecule has 0 spiro atoms. The summed E-state index contributed by atoms with van der Waals surface area (Å²) in [5, 5.41) is 8.51. The van der Waals surface area contributed by atoms with Gasteiger partial charge in [0.25, 0.3) is 5.60 Å². The Morgan fingerprint density at radius 1 is 1.39 bits per heavy atom. The summed E-state index contributed by atoms with van der Waals surface area (Å²) in [5.41, 5.74) is -4.78. The van der Waals surface area contributed by atoms with Gasteiger partial charge in [-0.1, -0.05) is 15.9 Å². The average molecular weight is 423 g/mol. The van der Waals surface area contributed by atoms with Crippen molar-refractivity contribution in [3.63, 3.8) is 0 Å². The van der Waals surface area contributed by atoms with Crippen LogP contribution in [0.5, 0.6) is 0 Å². The number of methoxy groups -OCH3 is 1. The lowest BCUT2D eigenvalue weighted by atomic mass is 9.98. The summed E-state index contributed by atoms with van der Waals surface area (Å²) >= 11 is 8.26. The van der Waals surface area contributed by atoms with Crippen molar-refractivity contribution in [1.82, 2.24) is 0 Å². The number of carbonyl (C=O) groups is 2. The summed E-state index contributed by atoms with van der Waals surface area (Å²) in [6.07, 6.45) is -5.60. The fourth-order valence-electron chi connectivity index (χ4n) is 1.50. The molecule has 128 valence electrons. The molecule has 0 bridgehead atoms. The third-order valence-corrected chi connectivity index (χ3v) is 3.72. The van der Waals surface area contributed by atoms with E-state index >= 15 is 0 Å². The van der Waals surface area contributed by atoms with Crippen LogP contribution in [0.2, 0.25) is 0 Å². The Bertz CT molecular complexity index is 628. The molecule has 0 aliphatic rings. The first-order valence-electron chi connectivity index (χ1n) is 5.72. The van der Waals surface area contributed by atoms with Crippen LogP contribution >= 0.6 is 27.5 Å². The summed E-state index contributed by atoms with van der Waals surface area (Å²) in [6, 6.07) is 3.29. The number of aliphatic hydroxyl groups is 1. The number of hydrogen-bond donors (Lipinski definition) is 2. The number of esters is 1. The Labute approximate surface area is 140 Å². The molecule has 23 heavy (non-hydrogen) atoms. The molecule has 0 unspecified atom stereocenters. The molecule has 11 heteroatoms. The molecule has 0 saturated heterocycles. The lowest BCUT2D eigenvalue weighted by Crippen LogP contribution is -2.62. The minimum absolute atomic E-state index is 0.316. The molecular formula is C12H9BrClF4NO4. The van der Waals surface area contributed by atoms with Crippen molar-refractivity contribution in [2.45, 2.75) is 17.2 Å². The summed E-state index contributed by atoms with van der Waals surface area (Å²) < 4.78 is 56.5. The van der Waals surface area contributed by atoms with Gasteiger partial charge in [-0.05, 0) is 18.2 Å². The summed E-state index contributed by atoms with van der Waals surface area (Å²) in [7, 11) is 0.578. The number of halogens is 6. The molecule has 1 aromatic carbocycles. The zero-order chi connectivity index (χ0) is 18.0. The second-order valence-electron chi connectivity index (χ2n) is 4.23. The monoisotopic (exact) mass is 421 g/mol. The van der Waals surface area contributed by atoms with Gasteiger partial charge in [-0.3, -0.25) is 4.79 Å². The van der Waals surface area contributed by atoms with Gasteiger partial charge in [-0.2, -0.15) is 13.2 Å². The van der Waals surface area contributed by atoms with Gasteiger partial charge in [0.05, 0.1) is 12.8 Å². The highest BCUT2D eigenvalue weighted by atomic mass is 79.9. The number of ether oxygens (including phenoxy) is 1. The molecule has 2 N–H and O–H groups in total. The highest BCUT2D eigenvalue weighted by Crippen LogP contribution is 2.37. The molecule has 0 aromatic heterocycles. The molecule has 0 aliphatic carbocycles. The number of rotatable bonds is 4. The van der Waals surface area contributed by atoms with Crippen LogP contribution in [0.3, 0.4) is 0 Å². The van der Waals surface area contributed by atoms with Crippen molar-refractivity contribution < 1.29 is 37.0 Å². The van der Waals surface area contributed by atoms with E-state index in [-0.39, 0.29) is 0 Å². The second-order valence-corrected chi connectivity index (χ2v) is 5.58. The Kier molecular flexibility index (Phi) is 6.00. The highest BCUT2D eigenvalue weighted by Gasteiger charge is 2.67. The maximum absolute atomic E-state index is 13.6. The number of benzene rings is 1. The van der Waals surface area contributed by atoms with Gasteiger partial charge in [-0.15, -0.1) is 11.6 Å². The van der Waals surface area contributed by atoms with Crippen LogP contribution in [-0.4, -0.2) is 41.2 Å². The fraction of sp³-hybridized carbons (Fsp3) is 0.333. The fourth-order valence-corrected chi connectivity index (χ4v) is 2.10. The van der Waals surface area contributed by atoms with Crippen LogP contribution in [0.25, 0.3) is 0 Å². The van der Waals surface area contributed by atoms with Crippen molar-refractivity contribution in [2.75, 3.05) is 12.4 Å². The third kappa shape index (κ3) is 3.93. The van der Waals surface area contributed by atoms with Gasteiger partial charge in [0.1, 0.15) is 5.82 Å². The predicted octanol–water partition coefficient (Wildman–Crippen LogP) is 2.60. The van der Waals surface area contributed by atoms with Crippen LogP contribution in [0.1, 0.15) is 0 Å². The van der Waals surface area contributed by atoms with E-state index < -0.39 is 40.5 Å². The van der Waals surface area contributed by atoms with E-state index in [1.807, 2.05) is 0 Å². The third-order valence-electron chi connectivity index (χ3n) is 2.71. The van der Waals surface area contributed by atoms with Gasteiger partial charge in [-0.25, -0.2) is 9.18 Å². The molecule has 0 heterocycles. The molecule has 0 aliphatic heterocycles. The molecule has 5 nitrogen and oxygen atoms in total. The van der Waals surface area contributed by atoms with E-state index in [2.05, 4.69) is 20.7 Å². The first-order chi connectivity index (χ1) is 10.4. The number of hydrogen-bond acceptors (Lipinski definition) is 4. The lowest BCUT2D eigenvalue weighted by molar-refractivity contribution is -0.260. The van der Waals surface area contributed by atoms with Crippen LogP contribution < -0.4 is 5.32 Å². The van der Waals surface area contributed by atoms with Gasteiger partial charge >= 0.3 is 12.1 Å². The van der Waals surface area contributed by atoms with Crippen LogP contribution in [0, 0.1) is 5.82 Å². The van der Waals surface area contributed by atoms with E-state index in [4.69, 9.17) is 11.6 Å². The van der Waals surface area contributed by atoms with Crippen LogP contribution in [0.4, 0.5) is 23.2 Å². The van der Waals surface area contributed by atoms with Gasteiger partial charge in [0.15, 0.2) is 5.38 Å². The Hall–Kier alpha value is -1.39. The van der Waals surface area contributed by atoms with E-state index in [1.165, 1.54) is 6.07 Å². The maximum atomic E-state index is 13.6. The van der Waals surface area contributed by atoms with E-state index in [9.17, 15) is 32.3 Å². The summed E-state index contributed by atoms with van der Waals surface area (Å²) in [4.78, 5) is 23.0. The van der Waals surface area contributed by atoms with Gasteiger partial charge in [0.2, 0.25) is 5.91 Å². The smallest absolute Gasteiger partial charge is 0.430 e. The first-order valence-corrected chi connectivity index (χ1v) is 6.95. The zero-order valence-corrected chi connectivity index (χ0v) is 13.6. The molecule has 1 amide bonds. The molecule has 0 fully saturated rings. The quantitative estimate of drug-likeness (QED) is 0.444. The summed E-state index contributed by atoms with van der Waals surface area (Å²) in [6.45, 7) is 0. The van der Waals surface area contributed by atoms with Crippen molar-refractivity contribution >= 4 is 45.1 Å². The van der Waals surface area contributed by atoms with E-state index in [0.717, 1.165) is 12.1 Å². The van der Waals surface area contributed by atoms with Crippen molar-refractivity contribution in [3.8, 4) is 0 Å². The highest BCUT2D eigenvalue weighted by molar-refractivity contribution is 9.10. The summed E-state index contributed by atoms with van der Waals surface area (Å²) in [5.74, 6) is -4.78. The number of anilines is 1. The molecule has 1 rings (SSSR count). The molecule has 2 atom stereocenters. The van der Waals surface area contributed by atoms with Crippen molar-refractivity contribution in [1.29, 1.82) is 0 Å². The normalized spacial score (nSPS) is 15.5. The molecular weight excluding hydrogens is 413 g/mol. The standard InChI is InChI=1S/C12H9BrClF4NO4/c1-23-10(21)11(22,12(16,17)18)8(14)9(20)19-7-3-2-5(13)4-6(7)15/h2-4,8,22H,1H3,(H,19,20)/t8-,11+/m1/s1. The Morgan fingerprint density at radius 3 is 2.39 bits per heavy atom. The number of amides is 1. The second kappa shape index (κ2) is 7.02. The first kappa shape index (κ1) is 19.7. The van der Waals surface area contributed by atoms with Crippen LogP contribution in [0.15, 0.2) is 22.7 Å². The van der Waals surface area contributed by atoms with Crippen LogP contribution in [-0.2, 0) is 14.3 Å². The number of carbonyl (C=O) groups excluding carboxylic acids is 2. The van der Waals surface area contributed by atoms with E-state index in [0.29, 0.717) is 11.6 Å². The van der Waals surface area contributed by atoms with Gasteiger partial charge < -0.3 is 15.2 Å². The minimum atomic E-state index is -5.60. The molecule has 1 aromatic rings. The van der Waals surface area contributed by atoms with E-state index in [1.54, 1.807) is 5.32 Å². The maximum Gasteiger partial charge on any atom is 0.430 e. The lowest BCUT2D eigenvalue weighted by Gasteiger charge is -2.30. The molecule has 0 radical (unpaired) electrons. The topological polar surface area (TPSA) is 75.6 Å².